The Morgan fingerprint density at radius 3 is 2.40 bits per heavy atom. The highest BCUT2D eigenvalue weighted by Crippen LogP contribution is 2.42. The van der Waals surface area contributed by atoms with E-state index in [1.165, 1.54) is 42.3 Å². The van der Waals surface area contributed by atoms with Gasteiger partial charge >= 0.3 is 0 Å². The SMILES string of the molecule is C=C[C@@]1(C)Cc2cc(NC(=C)C(=C)C=N)c(N3CCCCC3)cc2C1. The number of hydrogen-bond acceptors (Lipinski definition) is 3. The second-order valence-corrected chi connectivity index (χ2v) is 7.67. The lowest BCUT2D eigenvalue weighted by Gasteiger charge is -2.31. The molecular weight excluding hydrogens is 306 g/mol. The summed E-state index contributed by atoms with van der Waals surface area (Å²) in [4.78, 5) is 2.48. The van der Waals surface area contributed by atoms with E-state index in [0.29, 0.717) is 11.3 Å². The summed E-state index contributed by atoms with van der Waals surface area (Å²) in [6, 6.07) is 4.63. The molecule has 0 aromatic heterocycles. The Bertz CT molecular complexity index is 725. The van der Waals surface area contributed by atoms with Crippen molar-refractivity contribution in [3.63, 3.8) is 0 Å². The van der Waals surface area contributed by atoms with Gasteiger partial charge in [0.05, 0.1) is 11.4 Å². The maximum atomic E-state index is 7.41. The third-order valence-corrected chi connectivity index (χ3v) is 5.54. The van der Waals surface area contributed by atoms with E-state index >= 15 is 0 Å². The number of anilines is 2. The molecule has 0 spiro atoms. The van der Waals surface area contributed by atoms with Gasteiger partial charge in [-0.05, 0) is 60.8 Å². The van der Waals surface area contributed by atoms with Crippen LogP contribution in [0.4, 0.5) is 11.4 Å². The summed E-state index contributed by atoms with van der Waals surface area (Å²) < 4.78 is 0. The van der Waals surface area contributed by atoms with Crippen molar-refractivity contribution in [3.05, 3.63) is 60.3 Å². The summed E-state index contributed by atoms with van der Waals surface area (Å²) in [6.07, 6.45) is 9.23. The van der Waals surface area contributed by atoms with Crippen molar-refractivity contribution in [2.75, 3.05) is 23.3 Å². The molecule has 1 aromatic rings. The summed E-state index contributed by atoms with van der Waals surface area (Å²) in [6.45, 7) is 16.5. The van der Waals surface area contributed by atoms with E-state index in [1.807, 2.05) is 0 Å². The average molecular weight is 335 g/mol. The van der Waals surface area contributed by atoms with Gasteiger partial charge in [0.1, 0.15) is 0 Å². The van der Waals surface area contributed by atoms with Crippen LogP contribution in [0.3, 0.4) is 0 Å². The molecule has 132 valence electrons. The van der Waals surface area contributed by atoms with Crippen LogP contribution in [-0.2, 0) is 12.8 Å². The van der Waals surface area contributed by atoms with Gasteiger partial charge in [-0.3, -0.25) is 0 Å². The first-order valence-electron chi connectivity index (χ1n) is 9.16. The van der Waals surface area contributed by atoms with Gasteiger partial charge in [0.2, 0.25) is 0 Å². The Morgan fingerprint density at radius 1 is 1.16 bits per heavy atom. The largest absolute Gasteiger partial charge is 0.370 e. The number of rotatable bonds is 6. The van der Waals surface area contributed by atoms with Gasteiger partial charge in [0.25, 0.3) is 0 Å². The molecule has 1 heterocycles. The molecule has 1 aliphatic heterocycles. The summed E-state index contributed by atoms with van der Waals surface area (Å²) in [7, 11) is 0. The van der Waals surface area contributed by atoms with Gasteiger partial charge in [-0.25, -0.2) is 0 Å². The van der Waals surface area contributed by atoms with Gasteiger partial charge in [-0.15, -0.1) is 6.58 Å². The fraction of sp³-hybridized carbons (Fsp3) is 0.409. The van der Waals surface area contributed by atoms with E-state index in [0.717, 1.165) is 31.6 Å². The number of nitrogens with one attached hydrogen (secondary N) is 2. The van der Waals surface area contributed by atoms with Crippen molar-refractivity contribution >= 4 is 17.6 Å². The highest BCUT2D eigenvalue weighted by Gasteiger charge is 2.31. The monoisotopic (exact) mass is 335 g/mol. The lowest BCUT2D eigenvalue weighted by molar-refractivity contribution is 0.459. The van der Waals surface area contributed by atoms with Crippen LogP contribution < -0.4 is 10.2 Å². The van der Waals surface area contributed by atoms with Crippen molar-refractivity contribution in [2.24, 2.45) is 5.41 Å². The van der Waals surface area contributed by atoms with Gasteiger partial charge in [-0.1, -0.05) is 26.2 Å². The number of fused-ring (bicyclic) bond motifs is 1. The third-order valence-electron chi connectivity index (χ3n) is 5.54. The normalized spacial score (nSPS) is 22.2. The predicted octanol–water partition coefficient (Wildman–Crippen LogP) is 5.10. The highest BCUT2D eigenvalue weighted by molar-refractivity contribution is 5.85. The zero-order valence-corrected chi connectivity index (χ0v) is 15.3. The van der Waals surface area contributed by atoms with E-state index in [1.54, 1.807) is 0 Å². The van der Waals surface area contributed by atoms with Crippen LogP contribution in [0.25, 0.3) is 0 Å². The van der Waals surface area contributed by atoms with Crippen molar-refractivity contribution in [1.82, 2.24) is 0 Å². The van der Waals surface area contributed by atoms with Crippen LogP contribution in [0.2, 0.25) is 0 Å². The molecule has 0 saturated carbocycles. The Balaban J connectivity index is 1.98. The first kappa shape index (κ1) is 17.5. The Morgan fingerprint density at radius 2 is 1.80 bits per heavy atom. The molecule has 25 heavy (non-hydrogen) atoms. The third kappa shape index (κ3) is 3.55. The minimum Gasteiger partial charge on any atom is -0.370 e. The van der Waals surface area contributed by atoms with E-state index in [4.69, 9.17) is 5.41 Å². The van der Waals surface area contributed by atoms with Crippen LogP contribution in [-0.4, -0.2) is 19.3 Å². The van der Waals surface area contributed by atoms with E-state index in [9.17, 15) is 0 Å². The van der Waals surface area contributed by atoms with Crippen molar-refractivity contribution < 1.29 is 0 Å². The van der Waals surface area contributed by atoms with Crippen LogP contribution in [0.1, 0.15) is 37.3 Å². The van der Waals surface area contributed by atoms with Crippen molar-refractivity contribution in [1.29, 1.82) is 5.41 Å². The van der Waals surface area contributed by atoms with Crippen molar-refractivity contribution in [3.8, 4) is 0 Å². The molecule has 1 aliphatic carbocycles. The fourth-order valence-corrected chi connectivity index (χ4v) is 3.91. The fourth-order valence-electron chi connectivity index (χ4n) is 3.91. The Labute approximate surface area is 151 Å². The second-order valence-electron chi connectivity index (χ2n) is 7.67. The molecule has 1 aromatic carbocycles. The van der Waals surface area contributed by atoms with Crippen LogP contribution >= 0.6 is 0 Å². The van der Waals surface area contributed by atoms with Crippen molar-refractivity contribution in [2.45, 2.75) is 39.0 Å². The zero-order valence-electron chi connectivity index (χ0n) is 15.3. The Hall–Kier alpha value is -2.29. The maximum Gasteiger partial charge on any atom is 0.0625 e. The number of nitrogens with zero attached hydrogens (tertiary/aromatic N) is 1. The smallest absolute Gasteiger partial charge is 0.0625 e. The molecule has 0 unspecified atom stereocenters. The van der Waals surface area contributed by atoms with Gasteiger partial charge < -0.3 is 15.6 Å². The van der Waals surface area contributed by atoms with E-state index in [-0.39, 0.29) is 5.41 Å². The number of allylic oxidation sites excluding steroid dienone is 2. The first-order valence-corrected chi connectivity index (χ1v) is 9.16. The molecule has 2 aliphatic rings. The van der Waals surface area contributed by atoms with Gasteiger partial charge in [0, 0.05) is 30.6 Å². The summed E-state index contributed by atoms with van der Waals surface area (Å²) >= 11 is 0. The lowest BCUT2D eigenvalue weighted by Crippen LogP contribution is -2.30. The molecule has 0 radical (unpaired) electrons. The highest BCUT2D eigenvalue weighted by atomic mass is 15.1. The molecule has 1 atom stereocenters. The number of hydrogen-bond donors (Lipinski definition) is 2. The zero-order chi connectivity index (χ0) is 18.0. The molecular formula is C22H29N3. The maximum absolute atomic E-state index is 7.41. The molecule has 2 N–H and O–H groups in total. The number of piperidine rings is 1. The molecule has 1 fully saturated rings. The standard InChI is InChI=1S/C22H29N3/c1-5-22(4)13-18-11-20(24-17(3)16(2)15-23)21(12-19(18)14-22)25-9-7-6-8-10-25/h5,11-12,15,23-24H,1-3,6-10,13-14H2,4H3/t22-/m0/s1. The average Bonchev–Trinajstić information content (AvgIpc) is 2.97. The molecule has 3 nitrogen and oxygen atoms in total. The molecule has 1 saturated heterocycles. The molecule has 0 bridgehead atoms. The molecule has 3 heteroatoms. The second kappa shape index (κ2) is 6.91. The first-order chi connectivity index (χ1) is 12.0. The van der Waals surface area contributed by atoms with E-state index in [2.05, 4.69) is 55.1 Å². The Kier molecular flexibility index (Phi) is 4.85. The minimum atomic E-state index is 0.148. The van der Waals surface area contributed by atoms with Gasteiger partial charge in [0.15, 0.2) is 0 Å². The van der Waals surface area contributed by atoms with E-state index < -0.39 is 0 Å². The predicted molar refractivity (Wildman–Crippen MR) is 109 cm³/mol. The van der Waals surface area contributed by atoms with Gasteiger partial charge in [-0.2, -0.15) is 0 Å². The number of benzene rings is 1. The van der Waals surface area contributed by atoms with Crippen LogP contribution in [0.15, 0.2) is 49.2 Å². The summed E-state index contributed by atoms with van der Waals surface area (Å²) in [5, 5.41) is 10.8. The lowest BCUT2D eigenvalue weighted by atomic mass is 9.88. The molecule has 3 rings (SSSR count). The van der Waals surface area contributed by atoms with Crippen LogP contribution in [0.5, 0.6) is 0 Å². The summed E-state index contributed by atoms with van der Waals surface area (Å²) in [5.74, 6) is 0. The quantitative estimate of drug-likeness (QED) is 0.431. The summed E-state index contributed by atoms with van der Waals surface area (Å²) in [5.41, 5.74) is 6.62. The minimum absolute atomic E-state index is 0.148. The van der Waals surface area contributed by atoms with Crippen LogP contribution in [0, 0.1) is 10.8 Å². The topological polar surface area (TPSA) is 39.1 Å². The molecule has 0 amide bonds.